The Morgan fingerprint density at radius 1 is 1.03 bits per heavy atom. The van der Waals surface area contributed by atoms with Gasteiger partial charge in [-0.25, -0.2) is 4.98 Å². The van der Waals surface area contributed by atoms with E-state index in [9.17, 15) is 15.0 Å². The zero-order valence-corrected chi connectivity index (χ0v) is 35.8. The first-order valence-corrected chi connectivity index (χ1v) is 22.4. The number of esters is 1. The van der Waals surface area contributed by atoms with Gasteiger partial charge in [0.15, 0.2) is 11.5 Å². The first kappa shape index (κ1) is 40.4. The quantitative estimate of drug-likeness (QED) is 0.0925. The minimum Gasteiger partial charge on any atom is -0.508 e. The lowest BCUT2D eigenvalue weighted by atomic mass is 9.65. The van der Waals surface area contributed by atoms with Crippen LogP contribution in [-0.4, -0.2) is 66.7 Å². The van der Waals surface area contributed by atoms with E-state index in [4.69, 9.17) is 29.7 Å². The van der Waals surface area contributed by atoms with Gasteiger partial charge >= 0.3 is 5.97 Å². The molecule has 4 aromatic rings. The second-order valence-electron chi connectivity index (χ2n) is 18.3. The largest absolute Gasteiger partial charge is 0.508 e. The smallest absolute Gasteiger partial charge is 0.302 e. The van der Waals surface area contributed by atoms with Gasteiger partial charge < -0.3 is 45.5 Å². The summed E-state index contributed by atoms with van der Waals surface area (Å²) in [6.45, 7) is 2.09. The Morgan fingerprint density at radius 3 is 2.69 bits per heavy atom. The fourth-order valence-electron chi connectivity index (χ4n) is 11.7. The number of benzene rings is 3. The van der Waals surface area contributed by atoms with Crippen LogP contribution in [0.3, 0.4) is 0 Å². The summed E-state index contributed by atoms with van der Waals surface area (Å²) < 4.78 is 26.4. The SMILES string of the molecule is CNC[C@@H]1Oc2c(O)cc3c(c2C=C[C@@H]1NC1CCCCC1)[C@H]1Oc2c(ccc4c2[C@@]2(CC[C@H](Cc5ccc(N)nc5C#CC3)C2)Cc2cc(O)cc(OC)c2-4)[C@H]1COC(C)=O. The van der Waals surface area contributed by atoms with Gasteiger partial charge in [-0.2, -0.15) is 0 Å². The number of fused-ring (bicyclic) bond motifs is 9. The van der Waals surface area contributed by atoms with E-state index < -0.39 is 12.0 Å². The van der Waals surface area contributed by atoms with Crippen LogP contribution in [0, 0.1) is 17.8 Å². The molecule has 2 saturated carbocycles. The van der Waals surface area contributed by atoms with Crippen molar-refractivity contribution in [1.82, 2.24) is 15.6 Å². The third-order valence-corrected chi connectivity index (χ3v) is 14.4. The van der Waals surface area contributed by atoms with Crippen molar-refractivity contribution in [1.29, 1.82) is 0 Å². The maximum absolute atomic E-state index is 12.6. The first-order valence-electron chi connectivity index (χ1n) is 22.4. The first-order chi connectivity index (χ1) is 30.1. The number of nitrogens with zero attached hydrogens (tertiary/aromatic N) is 1. The Kier molecular flexibility index (Phi) is 10.6. The van der Waals surface area contributed by atoms with Crippen LogP contribution in [0.2, 0.25) is 0 Å². The number of nitrogens with two attached hydrogens (primary N) is 1. The van der Waals surface area contributed by atoms with E-state index in [1.54, 1.807) is 19.2 Å². The van der Waals surface area contributed by atoms with E-state index in [0.717, 1.165) is 94.3 Å². The molecule has 11 nitrogen and oxygen atoms in total. The van der Waals surface area contributed by atoms with Gasteiger partial charge in [-0.15, -0.1) is 0 Å². The van der Waals surface area contributed by atoms with Crippen molar-refractivity contribution in [3.05, 3.63) is 93.2 Å². The summed E-state index contributed by atoms with van der Waals surface area (Å²) in [5, 5.41) is 30.2. The number of aromatic hydroxyl groups is 2. The van der Waals surface area contributed by atoms with E-state index in [1.165, 1.54) is 26.2 Å². The van der Waals surface area contributed by atoms with Crippen LogP contribution in [0.5, 0.6) is 28.7 Å². The molecule has 0 amide bonds. The van der Waals surface area contributed by atoms with E-state index >= 15 is 0 Å². The summed E-state index contributed by atoms with van der Waals surface area (Å²) in [5.41, 5.74) is 15.2. The molecule has 6 aliphatic rings. The van der Waals surface area contributed by atoms with Crippen LogP contribution in [0.25, 0.3) is 17.2 Å². The van der Waals surface area contributed by atoms with Gasteiger partial charge in [0.05, 0.1) is 19.1 Å². The monoisotopic (exact) mass is 836 g/mol. The predicted molar refractivity (Wildman–Crippen MR) is 238 cm³/mol. The van der Waals surface area contributed by atoms with Crippen molar-refractivity contribution in [2.24, 2.45) is 5.92 Å². The lowest BCUT2D eigenvalue weighted by molar-refractivity contribution is -0.141. The highest BCUT2D eigenvalue weighted by Crippen LogP contribution is 2.63. The average Bonchev–Trinajstić information content (AvgIpc) is 3.77. The summed E-state index contributed by atoms with van der Waals surface area (Å²) in [6.07, 6.45) is 13.7. The molecular formula is C51H56N4O7. The number of nitrogens with one attached hydrogen (secondary N) is 2. The molecule has 2 fully saturated rings. The van der Waals surface area contributed by atoms with Crippen molar-refractivity contribution in [2.45, 2.75) is 113 Å². The number of carbonyl (C=O) groups is 1. The normalized spacial score (nSPS) is 25.5. The number of methoxy groups -OCH3 is 1. The Balaban J connectivity index is 1.21. The van der Waals surface area contributed by atoms with Gasteiger partial charge in [0.25, 0.3) is 0 Å². The van der Waals surface area contributed by atoms with Crippen LogP contribution in [-0.2, 0) is 34.2 Å². The number of carbonyl (C=O) groups excluding carboxylic acids is 1. The van der Waals surface area contributed by atoms with Gasteiger partial charge in [-0.1, -0.05) is 55.5 Å². The molecular weight excluding hydrogens is 781 g/mol. The maximum Gasteiger partial charge on any atom is 0.302 e. The third kappa shape index (κ3) is 7.11. The molecule has 0 saturated heterocycles. The maximum atomic E-state index is 12.6. The minimum absolute atomic E-state index is 0.0259. The number of hydrogen-bond donors (Lipinski definition) is 5. The number of phenolic OH excluding ortho intramolecular Hbond substituents is 2. The van der Waals surface area contributed by atoms with Crippen molar-refractivity contribution >= 4 is 17.9 Å². The summed E-state index contributed by atoms with van der Waals surface area (Å²) in [5.74, 6) is 8.79. The van der Waals surface area contributed by atoms with Gasteiger partial charge in [-0.05, 0) is 104 Å². The molecule has 6 N–H and O–H groups in total. The molecule has 4 bridgehead atoms. The van der Waals surface area contributed by atoms with E-state index in [-0.39, 0.29) is 48.1 Å². The third-order valence-electron chi connectivity index (χ3n) is 14.4. The van der Waals surface area contributed by atoms with Gasteiger partial charge in [0.1, 0.15) is 47.6 Å². The minimum atomic E-state index is -0.635. The molecule has 10 rings (SSSR count). The number of phenols is 2. The van der Waals surface area contributed by atoms with Crippen LogP contribution in [0.15, 0.2) is 48.5 Å². The number of nitrogen functional groups attached to an aromatic ring is 1. The number of ether oxygens (including phenoxy) is 4. The molecule has 0 unspecified atom stereocenters. The number of rotatable bonds is 7. The van der Waals surface area contributed by atoms with Crippen molar-refractivity contribution in [2.75, 3.05) is 33.0 Å². The summed E-state index contributed by atoms with van der Waals surface area (Å²) in [6, 6.07) is 13.8. The average molecular weight is 837 g/mol. The Morgan fingerprint density at radius 2 is 1.89 bits per heavy atom. The van der Waals surface area contributed by atoms with Crippen LogP contribution in [0.4, 0.5) is 5.82 Å². The molecule has 62 heavy (non-hydrogen) atoms. The standard InChI is InChI=1S/C51H56N4O7/c1-28(56)60-27-38-35-13-14-36-45-32(21-34(57)23-42(45)59-3)25-51-19-18-29(24-51)20-30-12-17-44(52)55-39(30)11-7-8-31-22-41(58)48-37(46(31)49(38)62-50(35)47(36)51)15-16-40(43(61-48)26-53-2)54-33-9-5-4-6-10-33/h12-17,21-23,29,33,38,40,43,49,53-54,57-58H,4-6,8-10,18-20,24-27H2,1-3H3,(H2,52,55)/t29-,38-,40+,43+,49+,51-/m1/s1. The van der Waals surface area contributed by atoms with Crippen molar-refractivity contribution in [3.63, 3.8) is 0 Å². The zero-order chi connectivity index (χ0) is 42.7. The second-order valence-corrected chi connectivity index (χ2v) is 18.3. The molecule has 1 spiro atoms. The number of likely N-dealkylation sites (N-methyl/N-ethyl adjacent to an activating group) is 1. The lowest BCUT2D eigenvalue weighted by Gasteiger charge is -2.39. The molecule has 3 aliphatic heterocycles. The molecule has 4 heterocycles. The molecule has 3 aromatic carbocycles. The van der Waals surface area contributed by atoms with E-state index in [1.807, 2.05) is 19.2 Å². The fraction of sp³-hybridized carbons (Fsp3) is 0.451. The van der Waals surface area contributed by atoms with Crippen LogP contribution < -0.4 is 30.6 Å². The molecule has 1 aromatic heterocycles. The fourth-order valence-corrected chi connectivity index (χ4v) is 11.7. The predicted octanol–water partition coefficient (Wildman–Crippen LogP) is 7.56. The van der Waals surface area contributed by atoms with Crippen molar-refractivity contribution < 1.29 is 34.0 Å². The number of aromatic nitrogens is 1. The number of pyridine rings is 1. The number of hydrogen-bond acceptors (Lipinski definition) is 11. The lowest BCUT2D eigenvalue weighted by Crippen LogP contribution is -2.50. The van der Waals surface area contributed by atoms with Gasteiger partial charge in [-0.3, -0.25) is 4.79 Å². The Bertz CT molecular complexity index is 2540. The zero-order valence-electron chi connectivity index (χ0n) is 35.8. The highest BCUT2D eigenvalue weighted by atomic mass is 16.5. The molecule has 322 valence electrons. The summed E-state index contributed by atoms with van der Waals surface area (Å²) in [4.78, 5) is 17.4. The van der Waals surface area contributed by atoms with Crippen LogP contribution in [0.1, 0.15) is 115 Å². The van der Waals surface area contributed by atoms with E-state index in [2.05, 4.69) is 52.8 Å². The topological polar surface area (TPSA) is 157 Å². The molecule has 11 heteroatoms. The van der Waals surface area contributed by atoms with E-state index in [0.29, 0.717) is 47.9 Å². The second kappa shape index (κ2) is 16.2. The van der Waals surface area contributed by atoms with Gasteiger partial charge in [0.2, 0.25) is 0 Å². The highest BCUT2D eigenvalue weighted by Gasteiger charge is 2.51. The van der Waals surface area contributed by atoms with Crippen LogP contribution >= 0.6 is 0 Å². The highest BCUT2D eigenvalue weighted by molar-refractivity contribution is 5.84. The summed E-state index contributed by atoms with van der Waals surface area (Å²) >= 11 is 0. The molecule has 6 atom stereocenters. The number of anilines is 1. The summed E-state index contributed by atoms with van der Waals surface area (Å²) in [7, 11) is 3.56. The van der Waals surface area contributed by atoms with Crippen molar-refractivity contribution in [3.8, 4) is 51.7 Å². The molecule has 0 radical (unpaired) electrons. The van der Waals surface area contributed by atoms with Gasteiger partial charge in [0, 0.05) is 65.2 Å². The molecule has 3 aliphatic carbocycles. The Hall–Kier alpha value is -5.70. The Labute approximate surface area is 363 Å².